The van der Waals surface area contributed by atoms with Gasteiger partial charge in [-0.1, -0.05) is 162 Å². The van der Waals surface area contributed by atoms with Gasteiger partial charge < -0.3 is 28.4 Å². The van der Waals surface area contributed by atoms with Crippen LogP contribution in [-0.2, 0) is 0 Å². The monoisotopic (exact) mass is 1060 g/mol. The summed E-state index contributed by atoms with van der Waals surface area (Å²) in [6, 6.07) is 96.6. The molecule has 0 bridgehead atoms. The smallest absolute Gasteiger partial charge is 0.149 e. The lowest BCUT2D eigenvalue weighted by Crippen LogP contribution is -2.65. The fraction of sp³-hybridized carbons (Fsp3) is 0.0400. The molecule has 0 unspecified atom stereocenters. The summed E-state index contributed by atoms with van der Waals surface area (Å²) in [7, 11) is -2.49. The first kappa shape index (κ1) is 45.5. The molecule has 3 aromatic heterocycles. The van der Waals surface area contributed by atoms with Gasteiger partial charge in [-0.05, 0) is 146 Å². The molecule has 0 spiro atoms. The maximum atomic E-state index is 2.64. The Balaban J connectivity index is 1.05. The Morgan fingerprint density at radius 3 is 0.622 bits per heavy atom. The maximum Gasteiger partial charge on any atom is 0.149 e. The highest BCUT2D eigenvalue weighted by atomic mass is 28.3. The van der Waals surface area contributed by atoms with Crippen LogP contribution in [0, 0.1) is 20.8 Å². The third-order valence-corrected chi connectivity index (χ3v) is 21.6. The van der Waals surface area contributed by atoms with E-state index in [-0.39, 0.29) is 0 Å². The van der Waals surface area contributed by atoms with E-state index in [2.05, 4.69) is 304 Å². The fourth-order valence-electron chi connectivity index (χ4n) is 14.6. The predicted molar refractivity (Wildman–Crippen MR) is 347 cm³/mol. The molecule has 0 fully saturated rings. The number of aryl methyl sites for hydroxylation is 3. The number of aromatic nitrogens is 3. The van der Waals surface area contributed by atoms with Crippen LogP contribution in [0.2, 0.25) is 0 Å². The summed E-state index contributed by atoms with van der Waals surface area (Å²) in [5, 5.41) is 11.7. The number of nitrogens with zero attached hydrogens (tertiary/aromatic N) is 6. The molecular formula is C75H52N6Si. The second kappa shape index (κ2) is 16.8. The Morgan fingerprint density at radius 1 is 0.220 bits per heavy atom. The van der Waals surface area contributed by atoms with Gasteiger partial charge in [-0.15, -0.1) is 0 Å². The molecule has 0 saturated heterocycles. The molecule has 0 aliphatic carbocycles. The topological polar surface area (TPSA) is 24.5 Å². The predicted octanol–water partition coefficient (Wildman–Crippen LogP) is 17.5. The highest BCUT2D eigenvalue weighted by Crippen LogP contribution is 2.53. The van der Waals surface area contributed by atoms with E-state index in [9.17, 15) is 0 Å². The van der Waals surface area contributed by atoms with Crippen LogP contribution >= 0.6 is 0 Å². The van der Waals surface area contributed by atoms with Gasteiger partial charge in [0.15, 0.2) is 0 Å². The number of hydrogen-bond donors (Lipinski definition) is 0. The van der Waals surface area contributed by atoms with E-state index in [4.69, 9.17) is 0 Å². The van der Waals surface area contributed by atoms with Crippen molar-refractivity contribution in [2.75, 3.05) is 14.7 Å². The van der Waals surface area contributed by atoms with Crippen LogP contribution in [0.1, 0.15) is 16.7 Å². The number of para-hydroxylation sites is 6. The highest BCUT2D eigenvalue weighted by Gasteiger charge is 2.49. The zero-order valence-electron chi connectivity index (χ0n) is 45.5. The summed E-state index contributed by atoms with van der Waals surface area (Å²) in [5.74, 6) is 0. The summed E-state index contributed by atoms with van der Waals surface area (Å²) in [6.45, 7) is 6.59. The molecule has 0 saturated carbocycles. The second-order valence-corrected chi connectivity index (χ2v) is 25.3. The van der Waals surface area contributed by atoms with Gasteiger partial charge in [0.1, 0.15) is 8.80 Å². The molecule has 6 heterocycles. The number of rotatable bonds is 6. The van der Waals surface area contributed by atoms with Gasteiger partial charge in [0.25, 0.3) is 0 Å². The summed E-state index contributed by atoms with van der Waals surface area (Å²) in [5.41, 5.74) is 24.8. The summed E-state index contributed by atoms with van der Waals surface area (Å²) < 4.78 is 7.57. The minimum absolute atomic E-state index is 1.12. The quantitative estimate of drug-likeness (QED) is 0.155. The molecule has 7 heteroatoms. The van der Waals surface area contributed by atoms with E-state index < -0.39 is 8.80 Å². The molecule has 0 N–H and O–H groups in total. The van der Waals surface area contributed by atoms with Crippen molar-refractivity contribution in [1.29, 1.82) is 0 Å². The van der Waals surface area contributed by atoms with E-state index >= 15 is 0 Å². The van der Waals surface area contributed by atoms with Crippen molar-refractivity contribution < 1.29 is 0 Å². The van der Waals surface area contributed by atoms with Crippen LogP contribution in [0.5, 0.6) is 0 Å². The molecule has 0 atom stereocenters. The summed E-state index contributed by atoms with van der Waals surface area (Å²) in [4.78, 5) is 7.91. The number of benzene rings is 12. The number of anilines is 9. The lowest BCUT2D eigenvalue weighted by atomic mass is 10.0. The summed E-state index contributed by atoms with van der Waals surface area (Å²) >= 11 is 0. The first-order valence-electron chi connectivity index (χ1n) is 28.5. The van der Waals surface area contributed by atoms with Gasteiger partial charge in [0.05, 0.1) is 84.3 Å². The lowest BCUT2D eigenvalue weighted by Gasteiger charge is -2.50. The first-order chi connectivity index (χ1) is 40.4. The number of hydrogen-bond acceptors (Lipinski definition) is 3. The Morgan fingerprint density at radius 2 is 0.415 bits per heavy atom. The van der Waals surface area contributed by atoms with Gasteiger partial charge >= 0.3 is 0 Å². The van der Waals surface area contributed by atoms with E-state index in [0.717, 1.165) is 34.1 Å². The van der Waals surface area contributed by atoms with Crippen LogP contribution in [0.4, 0.5) is 51.2 Å². The van der Waals surface area contributed by atoms with Gasteiger partial charge in [0, 0.05) is 49.4 Å². The normalized spacial score (nSPS) is 13.4. The van der Waals surface area contributed by atoms with Crippen molar-refractivity contribution in [3.8, 4) is 17.1 Å². The van der Waals surface area contributed by atoms with E-state index in [0.29, 0.717) is 0 Å². The summed E-state index contributed by atoms with van der Waals surface area (Å²) in [6.07, 6.45) is 0. The standard InChI is InChI=1S/C75H52N6Si/c1-46-28-34-49(35-29-46)76-67-40-52(79-61-22-10-4-16-55(61)56-17-5-11-23-62(56)79)42-69-73(67)82-74-68(76)41-53(80-63-24-12-6-18-57(63)58-19-7-13-25-64(58)80)43-70(74)78(51-38-32-48(3)33-39-51)72-45-54(44-71(75(72)82)77(69)50-36-30-47(2)31-37-50)81-65-26-14-8-20-59(65)60-21-9-15-27-66(60)81/h4-45,82H,1-3H3. The SMILES string of the molecule is Cc1ccc(N2c3cc(-n4c5ccccc5c5ccccc54)cc4c3[SiH]3c5c2cc(-n2c6ccccc6c6ccccc62)cc5N(c2ccc(C)cc2)c2cc(-n5c6ccccc6c6ccccc65)cc(c23)N4c2ccc(C)cc2)cc1. The van der Waals surface area contributed by atoms with E-state index in [1.54, 1.807) is 0 Å². The van der Waals surface area contributed by atoms with E-state index in [1.807, 2.05) is 0 Å². The largest absolute Gasteiger partial charge is 0.310 e. The molecule has 15 aromatic rings. The van der Waals surface area contributed by atoms with Crippen molar-refractivity contribution in [1.82, 2.24) is 13.7 Å². The lowest BCUT2D eigenvalue weighted by molar-refractivity contribution is 1.13. The maximum absolute atomic E-state index is 2.64. The Bertz CT molecular complexity index is 4460. The van der Waals surface area contributed by atoms with Crippen molar-refractivity contribution in [2.24, 2.45) is 0 Å². The minimum Gasteiger partial charge on any atom is -0.310 e. The third-order valence-electron chi connectivity index (χ3n) is 18.1. The molecule has 3 aliphatic rings. The molecule has 386 valence electrons. The molecule has 0 radical (unpaired) electrons. The molecule has 3 aliphatic heterocycles. The Labute approximate surface area is 476 Å². The van der Waals surface area contributed by atoms with Crippen molar-refractivity contribution >= 4 is 141 Å². The molecule has 18 rings (SSSR count). The molecule has 82 heavy (non-hydrogen) atoms. The van der Waals surface area contributed by atoms with Gasteiger partial charge in [-0.25, -0.2) is 0 Å². The first-order valence-corrected chi connectivity index (χ1v) is 30.3. The molecule has 0 amide bonds. The average molecular weight is 1070 g/mol. The van der Waals surface area contributed by atoms with Crippen molar-refractivity contribution in [3.05, 3.63) is 271 Å². The highest BCUT2D eigenvalue weighted by molar-refractivity contribution is 7.02. The Kier molecular flexibility index (Phi) is 9.35. The van der Waals surface area contributed by atoms with Gasteiger partial charge in [-0.2, -0.15) is 0 Å². The van der Waals surface area contributed by atoms with Crippen LogP contribution in [0.3, 0.4) is 0 Å². The van der Waals surface area contributed by atoms with Crippen molar-refractivity contribution in [2.45, 2.75) is 20.8 Å². The minimum atomic E-state index is -2.49. The van der Waals surface area contributed by atoms with Crippen molar-refractivity contribution in [3.63, 3.8) is 0 Å². The van der Waals surface area contributed by atoms with Crippen LogP contribution in [0.15, 0.2) is 255 Å². The average Bonchev–Trinajstić information content (AvgIpc) is 2.88. The van der Waals surface area contributed by atoms with Crippen LogP contribution in [0.25, 0.3) is 82.5 Å². The molecule has 12 aromatic carbocycles. The third kappa shape index (κ3) is 6.23. The fourth-order valence-corrected chi connectivity index (χ4v) is 18.5. The van der Waals surface area contributed by atoms with Gasteiger partial charge in [-0.3, -0.25) is 0 Å². The number of fused-ring (bicyclic) bond motifs is 9. The van der Waals surface area contributed by atoms with Crippen LogP contribution < -0.4 is 30.3 Å². The van der Waals surface area contributed by atoms with Crippen LogP contribution in [-0.4, -0.2) is 22.5 Å². The molecular weight excluding hydrogens is 1010 g/mol. The second-order valence-electron chi connectivity index (χ2n) is 22.7. The molecule has 6 nitrogen and oxygen atoms in total. The van der Waals surface area contributed by atoms with Gasteiger partial charge in [0.2, 0.25) is 0 Å². The van der Waals surface area contributed by atoms with E-state index in [1.165, 1.54) is 132 Å². The zero-order valence-corrected chi connectivity index (χ0v) is 46.7. The Hall–Kier alpha value is -10.3. The zero-order chi connectivity index (χ0) is 54.1.